The molecule has 0 spiro atoms. The molecule has 114 valence electrons. The molecule has 0 amide bonds. The number of likely N-dealkylation sites (N-methyl/N-ethyl adjacent to an activating group) is 1. The van der Waals surface area contributed by atoms with Gasteiger partial charge < -0.3 is 15.2 Å². The molecular formula is C16H24N4O. The molecule has 0 saturated carbocycles. The number of hydrogen-bond acceptors (Lipinski definition) is 5. The first-order valence-electron chi connectivity index (χ1n) is 7.49. The molecule has 1 aromatic carbocycles. The van der Waals surface area contributed by atoms with Gasteiger partial charge in [-0.2, -0.15) is 4.98 Å². The molecule has 0 radical (unpaired) electrons. The van der Waals surface area contributed by atoms with Gasteiger partial charge in [-0.1, -0.05) is 43.3 Å². The summed E-state index contributed by atoms with van der Waals surface area (Å²) in [5.41, 5.74) is 8.58. The zero-order chi connectivity index (χ0) is 15.2. The van der Waals surface area contributed by atoms with E-state index < -0.39 is 0 Å². The van der Waals surface area contributed by atoms with Gasteiger partial charge in [0, 0.05) is 6.54 Å². The summed E-state index contributed by atoms with van der Waals surface area (Å²) in [7, 11) is 0. The van der Waals surface area contributed by atoms with Crippen LogP contribution < -0.4 is 5.73 Å². The minimum Gasteiger partial charge on any atom is -0.339 e. The fraction of sp³-hybridized carbons (Fsp3) is 0.500. The Labute approximate surface area is 126 Å². The molecule has 5 nitrogen and oxygen atoms in total. The fourth-order valence-corrected chi connectivity index (χ4v) is 2.30. The Morgan fingerprint density at radius 1 is 1.24 bits per heavy atom. The van der Waals surface area contributed by atoms with Gasteiger partial charge in [0.05, 0.1) is 12.5 Å². The molecule has 0 aliphatic heterocycles. The van der Waals surface area contributed by atoms with Crippen molar-refractivity contribution in [3.63, 3.8) is 0 Å². The molecule has 1 heterocycles. The van der Waals surface area contributed by atoms with Crippen LogP contribution in [-0.2, 0) is 6.42 Å². The highest BCUT2D eigenvalue weighted by molar-refractivity contribution is 5.27. The van der Waals surface area contributed by atoms with Crippen LogP contribution in [0.25, 0.3) is 0 Å². The van der Waals surface area contributed by atoms with Gasteiger partial charge >= 0.3 is 0 Å². The van der Waals surface area contributed by atoms with Gasteiger partial charge in [0.25, 0.3) is 0 Å². The van der Waals surface area contributed by atoms with Crippen LogP contribution >= 0.6 is 0 Å². The molecule has 2 aromatic rings. The predicted molar refractivity (Wildman–Crippen MR) is 83.0 cm³/mol. The summed E-state index contributed by atoms with van der Waals surface area (Å²) in [6, 6.07) is 8.00. The molecule has 0 aliphatic rings. The van der Waals surface area contributed by atoms with Crippen LogP contribution in [0.4, 0.5) is 0 Å². The van der Waals surface area contributed by atoms with Crippen LogP contribution in [0, 0.1) is 6.92 Å². The Bertz CT molecular complexity index is 563. The number of rotatable bonds is 7. The highest BCUT2D eigenvalue weighted by atomic mass is 16.5. The summed E-state index contributed by atoms with van der Waals surface area (Å²) in [5, 5.41) is 4.03. The van der Waals surface area contributed by atoms with Crippen molar-refractivity contribution in [3.8, 4) is 0 Å². The summed E-state index contributed by atoms with van der Waals surface area (Å²) in [6.45, 7) is 9.01. The van der Waals surface area contributed by atoms with E-state index in [2.05, 4.69) is 47.9 Å². The molecule has 1 aromatic heterocycles. The van der Waals surface area contributed by atoms with Crippen molar-refractivity contribution in [2.75, 3.05) is 19.6 Å². The van der Waals surface area contributed by atoms with Crippen molar-refractivity contribution < 1.29 is 4.52 Å². The van der Waals surface area contributed by atoms with Crippen LogP contribution in [0.5, 0.6) is 0 Å². The number of aryl methyl sites for hydroxylation is 1. The lowest BCUT2D eigenvalue weighted by Crippen LogP contribution is -2.32. The average Bonchev–Trinajstić information content (AvgIpc) is 2.95. The number of aromatic nitrogens is 2. The summed E-state index contributed by atoms with van der Waals surface area (Å²) < 4.78 is 5.33. The van der Waals surface area contributed by atoms with E-state index in [0.29, 0.717) is 18.1 Å². The lowest BCUT2D eigenvalue weighted by molar-refractivity contribution is 0.277. The summed E-state index contributed by atoms with van der Waals surface area (Å²) in [6.07, 6.45) is 0.650. The molecule has 0 fully saturated rings. The minimum absolute atomic E-state index is 0.209. The van der Waals surface area contributed by atoms with E-state index in [-0.39, 0.29) is 6.04 Å². The number of nitrogens with zero attached hydrogens (tertiary/aromatic N) is 3. The van der Waals surface area contributed by atoms with Crippen LogP contribution in [0.2, 0.25) is 0 Å². The van der Waals surface area contributed by atoms with Gasteiger partial charge in [-0.25, -0.2) is 0 Å². The van der Waals surface area contributed by atoms with E-state index in [9.17, 15) is 0 Å². The first kappa shape index (κ1) is 15.7. The third kappa shape index (κ3) is 4.12. The van der Waals surface area contributed by atoms with E-state index in [4.69, 9.17) is 10.3 Å². The zero-order valence-corrected chi connectivity index (χ0v) is 13.0. The average molecular weight is 288 g/mol. The Hall–Kier alpha value is -1.72. The number of hydrogen-bond donors (Lipinski definition) is 1. The largest absolute Gasteiger partial charge is 0.339 e. The molecule has 2 rings (SSSR count). The Morgan fingerprint density at radius 3 is 2.62 bits per heavy atom. The minimum atomic E-state index is -0.209. The van der Waals surface area contributed by atoms with Gasteiger partial charge in [0.15, 0.2) is 5.82 Å². The van der Waals surface area contributed by atoms with Crippen LogP contribution in [0.15, 0.2) is 28.8 Å². The monoisotopic (exact) mass is 288 g/mol. The van der Waals surface area contributed by atoms with Crippen molar-refractivity contribution in [2.24, 2.45) is 5.73 Å². The fourth-order valence-electron chi connectivity index (χ4n) is 2.30. The van der Waals surface area contributed by atoms with Crippen LogP contribution in [0.3, 0.4) is 0 Å². The third-order valence-corrected chi connectivity index (χ3v) is 3.77. The first-order valence-corrected chi connectivity index (χ1v) is 7.49. The second-order valence-electron chi connectivity index (χ2n) is 5.24. The van der Waals surface area contributed by atoms with Gasteiger partial charge in [-0.15, -0.1) is 0 Å². The molecule has 0 aliphatic carbocycles. The maximum Gasteiger partial charge on any atom is 0.231 e. The van der Waals surface area contributed by atoms with Gasteiger partial charge in [0.2, 0.25) is 5.89 Å². The highest BCUT2D eigenvalue weighted by Crippen LogP contribution is 2.14. The standard InChI is InChI=1S/C16H24N4O/c1-4-20(5-2)11-14(17)16-18-15(21-19-16)10-13-9-7-6-8-12(13)3/h6-9,14H,4-5,10-11,17H2,1-3H3. The number of benzene rings is 1. The SMILES string of the molecule is CCN(CC)CC(N)c1noc(Cc2ccccc2C)n1. The van der Waals surface area contributed by atoms with Crippen molar-refractivity contribution in [3.05, 3.63) is 47.1 Å². The van der Waals surface area contributed by atoms with Crippen molar-refractivity contribution >= 4 is 0 Å². The molecular weight excluding hydrogens is 264 g/mol. The maximum absolute atomic E-state index is 6.16. The van der Waals surface area contributed by atoms with E-state index in [0.717, 1.165) is 19.6 Å². The lowest BCUT2D eigenvalue weighted by Gasteiger charge is -2.20. The van der Waals surface area contributed by atoms with Crippen molar-refractivity contribution in [1.29, 1.82) is 0 Å². The topological polar surface area (TPSA) is 68.2 Å². The van der Waals surface area contributed by atoms with Crippen LogP contribution in [-0.4, -0.2) is 34.7 Å². The summed E-state index contributed by atoms with van der Waals surface area (Å²) in [5.74, 6) is 1.21. The summed E-state index contributed by atoms with van der Waals surface area (Å²) >= 11 is 0. The molecule has 2 N–H and O–H groups in total. The van der Waals surface area contributed by atoms with E-state index in [1.54, 1.807) is 0 Å². The van der Waals surface area contributed by atoms with Crippen molar-refractivity contribution in [2.45, 2.75) is 33.2 Å². The smallest absolute Gasteiger partial charge is 0.231 e. The van der Waals surface area contributed by atoms with Crippen molar-refractivity contribution in [1.82, 2.24) is 15.0 Å². The zero-order valence-electron chi connectivity index (χ0n) is 13.0. The van der Waals surface area contributed by atoms with Gasteiger partial charge in [0.1, 0.15) is 0 Å². The summed E-state index contributed by atoms with van der Waals surface area (Å²) in [4.78, 5) is 6.69. The van der Waals surface area contributed by atoms with E-state index >= 15 is 0 Å². The quantitative estimate of drug-likeness (QED) is 0.846. The van der Waals surface area contributed by atoms with Gasteiger partial charge in [-0.3, -0.25) is 0 Å². The van der Waals surface area contributed by atoms with E-state index in [1.165, 1.54) is 11.1 Å². The number of nitrogens with two attached hydrogens (primary N) is 1. The lowest BCUT2D eigenvalue weighted by atomic mass is 10.1. The molecule has 21 heavy (non-hydrogen) atoms. The second-order valence-corrected chi connectivity index (χ2v) is 5.24. The van der Waals surface area contributed by atoms with Crippen LogP contribution in [0.1, 0.15) is 42.7 Å². The second kappa shape index (κ2) is 7.33. The normalized spacial score (nSPS) is 12.8. The Balaban J connectivity index is 2.02. The Morgan fingerprint density at radius 2 is 1.95 bits per heavy atom. The molecule has 1 unspecified atom stereocenters. The molecule has 0 bridgehead atoms. The predicted octanol–water partition coefficient (Wildman–Crippen LogP) is 2.31. The molecule has 5 heteroatoms. The first-order chi connectivity index (χ1) is 10.1. The molecule has 1 atom stereocenters. The van der Waals surface area contributed by atoms with Gasteiger partial charge in [-0.05, 0) is 31.1 Å². The van der Waals surface area contributed by atoms with E-state index in [1.807, 2.05) is 12.1 Å². The molecule has 0 saturated heterocycles. The highest BCUT2D eigenvalue weighted by Gasteiger charge is 2.17. The Kier molecular flexibility index (Phi) is 5.47. The third-order valence-electron chi connectivity index (χ3n) is 3.77. The maximum atomic E-state index is 6.16.